The molecule has 1 heterocycles. The Bertz CT molecular complexity index is 491. The van der Waals surface area contributed by atoms with Crippen molar-refractivity contribution >= 4 is 24.3 Å². The maximum Gasteiger partial charge on any atom is 0.338 e. The van der Waals surface area contributed by atoms with Crippen LogP contribution in [-0.2, 0) is 14.3 Å². The van der Waals surface area contributed by atoms with Gasteiger partial charge in [0.1, 0.15) is 17.9 Å². The number of halogens is 1. The second-order valence-corrected chi connectivity index (χ2v) is 4.48. The van der Waals surface area contributed by atoms with Crippen molar-refractivity contribution in [3.63, 3.8) is 0 Å². The Hall–Kier alpha value is -1.79. The Morgan fingerprint density at radius 2 is 1.86 bits per heavy atom. The fourth-order valence-electron chi connectivity index (χ4n) is 2.06. The van der Waals surface area contributed by atoms with Crippen molar-refractivity contribution in [2.24, 2.45) is 0 Å². The smallest absolute Gasteiger partial charge is 0.338 e. The quantitative estimate of drug-likeness (QED) is 0.841. The Balaban J connectivity index is 0.00000220. The van der Waals surface area contributed by atoms with Gasteiger partial charge in [0.25, 0.3) is 0 Å². The first-order chi connectivity index (χ1) is 9.63. The lowest BCUT2D eigenvalue weighted by atomic mass is 10.2. The van der Waals surface area contributed by atoms with Crippen LogP contribution in [0.3, 0.4) is 0 Å². The summed E-state index contributed by atoms with van der Waals surface area (Å²) in [6.45, 7) is 0.446. The number of carbonyl (C=O) groups excluding carboxylic acids is 2. The van der Waals surface area contributed by atoms with Gasteiger partial charge in [-0.25, -0.2) is 4.79 Å². The molecule has 1 fully saturated rings. The summed E-state index contributed by atoms with van der Waals surface area (Å²) in [5.74, 6) is -0.0761. The average Bonchev–Trinajstić information content (AvgIpc) is 2.95. The van der Waals surface area contributed by atoms with Crippen molar-refractivity contribution in [2.75, 3.05) is 20.8 Å². The van der Waals surface area contributed by atoms with Gasteiger partial charge in [-0.1, -0.05) is 0 Å². The highest BCUT2D eigenvalue weighted by Gasteiger charge is 2.32. The molecule has 0 aromatic heterocycles. The van der Waals surface area contributed by atoms with E-state index < -0.39 is 12.0 Å². The summed E-state index contributed by atoms with van der Waals surface area (Å²) in [4.78, 5) is 23.3. The standard InChI is InChI=1S/C14H17NO5.ClH/c1-18-10-5-3-9(4-6-10)13(16)20-11-7-12(15-8-11)14(17)19-2;/h3-6,11-12,15H,7-8H2,1-2H3;1H/t11-,12-;/m0./s1. The molecule has 0 unspecified atom stereocenters. The molecule has 1 N–H and O–H groups in total. The molecule has 21 heavy (non-hydrogen) atoms. The summed E-state index contributed by atoms with van der Waals surface area (Å²) in [6, 6.07) is 6.26. The highest BCUT2D eigenvalue weighted by molar-refractivity contribution is 5.89. The molecule has 2 atom stereocenters. The van der Waals surface area contributed by atoms with Crippen LogP contribution in [-0.4, -0.2) is 44.8 Å². The van der Waals surface area contributed by atoms with Crippen molar-refractivity contribution in [3.05, 3.63) is 29.8 Å². The number of methoxy groups -OCH3 is 2. The summed E-state index contributed by atoms with van der Waals surface area (Å²) in [6.07, 6.45) is 0.0999. The number of benzene rings is 1. The van der Waals surface area contributed by atoms with E-state index in [1.54, 1.807) is 31.4 Å². The van der Waals surface area contributed by atoms with E-state index in [0.29, 0.717) is 24.3 Å². The zero-order chi connectivity index (χ0) is 14.5. The molecule has 0 saturated carbocycles. The van der Waals surface area contributed by atoms with Gasteiger partial charge >= 0.3 is 11.9 Å². The van der Waals surface area contributed by atoms with Gasteiger partial charge in [0, 0.05) is 13.0 Å². The van der Waals surface area contributed by atoms with E-state index in [0.717, 1.165) is 0 Å². The predicted octanol–water partition coefficient (Wildman–Crippen LogP) is 1.18. The molecule has 1 saturated heterocycles. The molecular weight excluding hydrogens is 298 g/mol. The molecule has 0 amide bonds. The molecule has 2 rings (SSSR count). The monoisotopic (exact) mass is 315 g/mol. The molecule has 0 spiro atoms. The summed E-state index contributed by atoms with van der Waals surface area (Å²) in [7, 11) is 2.89. The Morgan fingerprint density at radius 3 is 2.43 bits per heavy atom. The van der Waals surface area contributed by atoms with Gasteiger partial charge < -0.3 is 19.5 Å². The van der Waals surface area contributed by atoms with Crippen LogP contribution in [0.2, 0.25) is 0 Å². The van der Waals surface area contributed by atoms with Crippen LogP contribution in [0.4, 0.5) is 0 Å². The van der Waals surface area contributed by atoms with E-state index in [4.69, 9.17) is 9.47 Å². The molecule has 0 aliphatic carbocycles. The molecule has 1 aromatic rings. The molecule has 0 radical (unpaired) electrons. The highest BCUT2D eigenvalue weighted by Crippen LogP contribution is 2.16. The van der Waals surface area contributed by atoms with Crippen molar-refractivity contribution in [1.82, 2.24) is 5.32 Å². The number of carbonyl (C=O) groups is 2. The molecule has 1 aliphatic rings. The fourth-order valence-corrected chi connectivity index (χ4v) is 2.06. The van der Waals surface area contributed by atoms with Gasteiger partial charge in [0.05, 0.1) is 19.8 Å². The van der Waals surface area contributed by atoms with Gasteiger partial charge in [-0.3, -0.25) is 4.79 Å². The van der Waals surface area contributed by atoms with Gasteiger partial charge in [-0.05, 0) is 24.3 Å². The van der Waals surface area contributed by atoms with E-state index >= 15 is 0 Å². The number of ether oxygens (including phenoxy) is 3. The average molecular weight is 316 g/mol. The minimum Gasteiger partial charge on any atom is -0.497 e. The van der Waals surface area contributed by atoms with Crippen molar-refractivity contribution < 1.29 is 23.8 Å². The van der Waals surface area contributed by atoms with Crippen molar-refractivity contribution in [3.8, 4) is 5.75 Å². The van der Waals surface area contributed by atoms with Crippen LogP contribution in [0.25, 0.3) is 0 Å². The topological polar surface area (TPSA) is 73.9 Å². The third kappa shape index (κ3) is 4.34. The van der Waals surface area contributed by atoms with E-state index in [-0.39, 0.29) is 24.5 Å². The Morgan fingerprint density at radius 1 is 1.19 bits per heavy atom. The first kappa shape index (κ1) is 17.3. The Kier molecular flexibility index (Phi) is 6.45. The number of esters is 2. The lowest BCUT2D eigenvalue weighted by Crippen LogP contribution is -2.31. The van der Waals surface area contributed by atoms with Gasteiger partial charge in [0.2, 0.25) is 0 Å². The van der Waals surface area contributed by atoms with Crippen LogP contribution in [0.15, 0.2) is 24.3 Å². The summed E-state index contributed by atoms with van der Waals surface area (Å²) >= 11 is 0. The minimum atomic E-state index is -0.412. The molecule has 1 aromatic carbocycles. The number of nitrogens with one attached hydrogen (secondary N) is 1. The third-order valence-corrected chi connectivity index (χ3v) is 3.18. The lowest BCUT2D eigenvalue weighted by molar-refractivity contribution is -0.142. The second-order valence-electron chi connectivity index (χ2n) is 4.48. The minimum absolute atomic E-state index is 0. The molecule has 7 heteroatoms. The molecule has 6 nitrogen and oxygen atoms in total. The normalized spacial score (nSPS) is 20.3. The van der Waals surface area contributed by atoms with Crippen LogP contribution < -0.4 is 10.1 Å². The maximum absolute atomic E-state index is 11.9. The molecular formula is C14H18ClNO5. The second kappa shape index (κ2) is 7.85. The predicted molar refractivity (Wildman–Crippen MR) is 77.9 cm³/mol. The summed E-state index contributed by atoms with van der Waals surface area (Å²) < 4.78 is 15.0. The zero-order valence-electron chi connectivity index (χ0n) is 11.8. The van der Waals surface area contributed by atoms with Crippen molar-refractivity contribution in [1.29, 1.82) is 0 Å². The van der Waals surface area contributed by atoms with E-state index in [9.17, 15) is 9.59 Å². The van der Waals surface area contributed by atoms with Gasteiger partial charge in [-0.2, -0.15) is 0 Å². The lowest BCUT2D eigenvalue weighted by Gasteiger charge is -2.11. The largest absolute Gasteiger partial charge is 0.497 e. The highest BCUT2D eigenvalue weighted by atomic mass is 35.5. The fraction of sp³-hybridized carbons (Fsp3) is 0.429. The number of rotatable bonds is 4. The number of hydrogen-bond acceptors (Lipinski definition) is 6. The molecule has 116 valence electrons. The SMILES string of the molecule is COC(=O)[C@@H]1C[C@H](OC(=O)c2ccc(OC)cc2)CN1.Cl. The van der Waals surface area contributed by atoms with E-state index in [2.05, 4.69) is 10.1 Å². The third-order valence-electron chi connectivity index (χ3n) is 3.18. The van der Waals surface area contributed by atoms with E-state index in [1.165, 1.54) is 7.11 Å². The van der Waals surface area contributed by atoms with Crippen LogP contribution in [0.5, 0.6) is 5.75 Å². The van der Waals surface area contributed by atoms with Crippen LogP contribution in [0, 0.1) is 0 Å². The van der Waals surface area contributed by atoms with Crippen LogP contribution in [0.1, 0.15) is 16.8 Å². The van der Waals surface area contributed by atoms with Gasteiger partial charge in [-0.15, -0.1) is 12.4 Å². The molecule has 0 bridgehead atoms. The first-order valence-electron chi connectivity index (χ1n) is 6.30. The van der Waals surface area contributed by atoms with E-state index in [1.807, 2.05) is 0 Å². The number of hydrogen-bond donors (Lipinski definition) is 1. The summed E-state index contributed by atoms with van der Waals surface area (Å²) in [5, 5.41) is 2.96. The van der Waals surface area contributed by atoms with Crippen LogP contribution >= 0.6 is 12.4 Å². The Labute approximate surface area is 129 Å². The van der Waals surface area contributed by atoms with Gasteiger partial charge in [0.15, 0.2) is 0 Å². The maximum atomic E-state index is 11.9. The molecule has 1 aliphatic heterocycles. The van der Waals surface area contributed by atoms with Crippen molar-refractivity contribution in [2.45, 2.75) is 18.6 Å². The first-order valence-corrected chi connectivity index (χ1v) is 6.30. The summed E-state index contributed by atoms with van der Waals surface area (Å²) in [5.41, 5.74) is 0.451. The zero-order valence-corrected chi connectivity index (χ0v) is 12.6.